The molecule has 3 atom stereocenters. The molecule has 1 saturated heterocycles. The first-order valence-electron chi connectivity index (χ1n) is 12.2. The van der Waals surface area contributed by atoms with Gasteiger partial charge in [-0.05, 0) is 52.9 Å². The number of hydrogen-bond acceptors (Lipinski definition) is 5. The fraction of sp³-hybridized carbons (Fsp3) is 0.129. The van der Waals surface area contributed by atoms with Crippen molar-refractivity contribution in [2.75, 3.05) is 4.90 Å². The van der Waals surface area contributed by atoms with Crippen molar-refractivity contribution in [1.82, 2.24) is 0 Å². The maximum atomic E-state index is 14.5. The molecular weight excluding hydrogens is 582 g/mol. The molecule has 4 aromatic rings. The van der Waals surface area contributed by atoms with Crippen LogP contribution in [0.3, 0.4) is 0 Å². The topological polar surface area (TPSA) is 54.5 Å². The molecule has 1 aliphatic carbocycles. The number of halogens is 2. The molecule has 0 N–H and O–H groups in total. The molecule has 7 rings (SSSR count). The van der Waals surface area contributed by atoms with Crippen molar-refractivity contribution in [3.8, 4) is 0 Å². The number of benzene rings is 3. The maximum Gasteiger partial charge on any atom is 0.195 e. The second-order valence-electron chi connectivity index (χ2n) is 9.80. The van der Waals surface area contributed by atoms with Crippen LogP contribution < -0.4 is 4.90 Å². The summed E-state index contributed by atoms with van der Waals surface area (Å²) >= 11 is 11.2. The zero-order valence-corrected chi connectivity index (χ0v) is 23.0. The summed E-state index contributed by atoms with van der Waals surface area (Å²) in [5.74, 6) is -1.29. The van der Waals surface area contributed by atoms with Crippen molar-refractivity contribution in [3.63, 3.8) is 0 Å². The van der Waals surface area contributed by atoms with E-state index >= 15 is 0 Å². The third kappa shape index (κ3) is 3.11. The molecule has 1 spiro atoms. The number of Topliss-reactive ketones (excluding diaryl/α,β-unsaturated/α-hetero) is 3. The van der Waals surface area contributed by atoms with E-state index in [0.717, 1.165) is 21.3 Å². The van der Waals surface area contributed by atoms with E-state index in [-0.39, 0.29) is 17.3 Å². The maximum absolute atomic E-state index is 14.5. The van der Waals surface area contributed by atoms with Crippen molar-refractivity contribution in [1.29, 1.82) is 0 Å². The molecule has 7 heteroatoms. The van der Waals surface area contributed by atoms with Crippen LogP contribution in [0, 0.1) is 5.41 Å². The van der Waals surface area contributed by atoms with Crippen LogP contribution in [0.25, 0.3) is 6.08 Å². The summed E-state index contributed by atoms with van der Waals surface area (Å²) in [5, 5.41) is 2.45. The van der Waals surface area contributed by atoms with Gasteiger partial charge in [-0.2, -0.15) is 0 Å². The minimum atomic E-state index is -1.50. The van der Waals surface area contributed by atoms with Gasteiger partial charge in [0.1, 0.15) is 11.5 Å². The summed E-state index contributed by atoms with van der Waals surface area (Å²) in [6.45, 7) is 0. The molecular formula is C31H19BrClNO3S. The summed E-state index contributed by atoms with van der Waals surface area (Å²) in [6.07, 6.45) is 3.83. The molecule has 0 saturated carbocycles. The van der Waals surface area contributed by atoms with Gasteiger partial charge in [0.05, 0.1) is 10.9 Å². The highest BCUT2D eigenvalue weighted by Gasteiger charge is 2.71. The summed E-state index contributed by atoms with van der Waals surface area (Å²) in [5.41, 5.74) is 1.74. The fourth-order valence-corrected chi connectivity index (χ4v) is 7.70. The highest BCUT2D eigenvalue weighted by Crippen LogP contribution is 2.61. The molecule has 3 heterocycles. The number of thiophene rings is 1. The van der Waals surface area contributed by atoms with Crippen LogP contribution >= 0.6 is 38.9 Å². The van der Waals surface area contributed by atoms with Gasteiger partial charge in [-0.25, -0.2) is 0 Å². The number of fused-ring (bicyclic) bond motifs is 5. The normalized spacial score (nSPS) is 22.5. The van der Waals surface area contributed by atoms with Crippen molar-refractivity contribution >= 4 is 68.0 Å². The van der Waals surface area contributed by atoms with Crippen LogP contribution in [0.5, 0.6) is 0 Å². The molecule has 1 fully saturated rings. The molecule has 2 aliphatic heterocycles. The lowest BCUT2D eigenvalue weighted by atomic mass is 9.64. The van der Waals surface area contributed by atoms with E-state index in [1.807, 2.05) is 64.9 Å². The Morgan fingerprint density at radius 2 is 1.63 bits per heavy atom. The summed E-state index contributed by atoms with van der Waals surface area (Å²) in [4.78, 5) is 46.1. The van der Waals surface area contributed by atoms with Crippen molar-refractivity contribution in [2.45, 2.75) is 18.0 Å². The third-order valence-electron chi connectivity index (χ3n) is 8.03. The molecule has 0 bridgehead atoms. The highest BCUT2D eigenvalue weighted by atomic mass is 79.9. The van der Waals surface area contributed by atoms with Gasteiger partial charge in [0, 0.05) is 32.2 Å². The number of carbonyl (C=O) groups excluding carboxylic acids is 3. The van der Waals surface area contributed by atoms with Crippen molar-refractivity contribution < 1.29 is 14.4 Å². The van der Waals surface area contributed by atoms with Crippen LogP contribution in [0.4, 0.5) is 5.69 Å². The van der Waals surface area contributed by atoms with Crippen LogP contribution in [0.1, 0.15) is 47.4 Å². The molecule has 0 unspecified atom stereocenters. The molecule has 3 aromatic carbocycles. The van der Waals surface area contributed by atoms with Crippen LogP contribution in [0.2, 0.25) is 5.02 Å². The molecule has 1 aromatic heterocycles. The minimum Gasteiger partial charge on any atom is -0.352 e. The lowest BCUT2D eigenvalue weighted by Crippen LogP contribution is -2.48. The van der Waals surface area contributed by atoms with Crippen LogP contribution in [0.15, 0.2) is 94.8 Å². The Hall–Kier alpha value is -3.32. The van der Waals surface area contributed by atoms with E-state index < -0.39 is 23.4 Å². The number of anilines is 1. The Bertz CT molecular complexity index is 1640. The first-order chi connectivity index (χ1) is 18.4. The third-order valence-corrected chi connectivity index (χ3v) is 9.68. The largest absolute Gasteiger partial charge is 0.352 e. The molecule has 186 valence electrons. The standard InChI is InChI=1S/C31H19BrClNO3S/c32-19-10-7-17(8-11-19)26-27(28(35)24-6-3-15-38-24)34-23-13-12-20(33)16-18(23)9-14-25(34)31(26)29(36)21-4-1-2-5-22(21)30(31)37/h1-16,25-27H/t25-,26+,27-/m1/s1. The summed E-state index contributed by atoms with van der Waals surface area (Å²) < 4.78 is 0.874. The lowest BCUT2D eigenvalue weighted by Gasteiger charge is -2.37. The van der Waals surface area contributed by atoms with Gasteiger partial charge in [-0.15, -0.1) is 11.3 Å². The fourth-order valence-electron chi connectivity index (χ4n) is 6.56. The Morgan fingerprint density at radius 3 is 2.29 bits per heavy atom. The molecule has 4 nitrogen and oxygen atoms in total. The minimum absolute atomic E-state index is 0.109. The summed E-state index contributed by atoms with van der Waals surface area (Å²) in [6, 6.07) is 22.4. The monoisotopic (exact) mass is 599 g/mol. The summed E-state index contributed by atoms with van der Waals surface area (Å²) in [7, 11) is 0. The van der Waals surface area contributed by atoms with E-state index in [1.54, 1.807) is 36.4 Å². The lowest BCUT2D eigenvalue weighted by molar-refractivity contribution is 0.0666. The second kappa shape index (κ2) is 8.60. The van der Waals surface area contributed by atoms with E-state index in [4.69, 9.17) is 11.6 Å². The smallest absolute Gasteiger partial charge is 0.195 e. The average Bonchev–Trinajstić information content (AvgIpc) is 3.62. The van der Waals surface area contributed by atoms with Gasteiger partial charge in [0.15, 0.2) is 17.3 Å². The second-order valence-corrected chi connectivity index (χ2v) is 12.1. The SMILES string of the molecule is O=C(c1cccs1)[C@H]1[C@H](c2ccc(Br)cc2)C2(C(=O)c3ccccc3C2=O)[C@H]2C=Cc3cc(Cl)ccc3N12. The van der Waals surface area contributed by atoms with Gasteiger partial charge in [-0.3, -0.25) is 14.4 Å². The Morgan fingerprint density at radius 1 is 0.921 bits per heavy atom. The Balaban J connectivity index is 1.56. The number of nitrogens with zero attached hydrogens (tertiary/aromatic N) is 1. The molecule has 38 heavy (non-hydrogen) atoms. The van der Waals surface area contributed by atoms with Crippen molar-refractivity contribution in [3.05, 3.63) is 127 Å². The Kier molecular flexibility index (Phi) is 5.38. The van der Waals surface area contributed by atoms with Gasteiger partial charge >= 0.3 is 0 Å². The van der Waals surface area contributed by atoms with Gasteiger partial charge in [0.2, 0.25) is 0 Å². The number of rotatable bonds is 3. The van der Waals surface area contributed by atoms with Gasteiger partial charge in [-0.1, -0.05) is 82.1 Å². The zero-order valence-electron chi connectivity index (χ0n) is 19.8. The predicted octanol–water partition coefficient (Wildman–Crippen LogP) is 7.48. The predicted molar refractivity (Wildman–Crippen MR) is 154 cm³/mol. The van der Waals surface area contributed by atoms with Gasteiger partial charge in [0.25, 0.3) is 0 Å². The number of carbonyl (C=O) groups is 3. The number of ketones is 3. The van der Waals surface area contributed by atoms with Gasteiger partial charge < -0.3 is 4.90 Å². The first-order valence-corrected chi connectivity index (χ1v) is 14.3. The quantitative estimate of drug-likeness (QED) is 0.181. The van der Waals surface area contributed by atoms with E-state index in [9.17, 15) is 14.4 Å². The molecule has 3 aliphatic rings. The van der Waals surface area contributed by atoms with Crippen molar-refractivity contribution in [2.24, 2.45) is 5.41 Å². The Labute approximate surface area is 236 Å². The average molecular weight is 601 g/mol. The molecule has 0 amide bonds. The first kappa shape index (κ1) is 23.8. The van der Waals surface area contributed by atoms with E-state index in [2.05, 4.69) is 15.9 Å². The van der Waals surface area contributed by atoms with E-state index in [0.29, 0.717) is 21.0 Å². The number of hydrogen-bond donors (Lipinski definition) is 0. The zero-order chi connectivity index (χ0) is 26.2. The van der Waals surface area contributed by atoms with Crippen LogP contribution in [-0.2, 0) is 0 Å². The highest BCUT2D eigenvalue weighted by molar-refractivity contribution is 9.10. The molecule has 0 radical (unpaired) electrons. The van der Waals surface area contributed by atoms with Crippen LogP contribution in [-0.4, -0.2) is 29.4 Å². The van der Waals surface area contributed by atoms with E-state index in [1.165, 1.54) is 11.3 Å².